The van der Waals surface area contributed by atoms with Gasteiger partial charge in [-0.2, -0.15) is 13.2 Å². The molecule has 0 radical (unpaired) electrons. The fraction of sp³-hybridized carbons (Fsp3) is 0.778. The Bertz CT molecular complexity index is 258. The van der Waals surface area contributed by atoms with Crippen LogP contribution in [0.15, 0.2) is 0 Å². The zero-order valence-electron chi connectivity index (χ0n) is 9.22. The number of amides is 1. The fourth-order valence-corrected chi connectivity index (χ4v) is 0.841. The van der Waals surface area contributed by atoms with Crippen LogP contribution in [0.5, 0.6) is 0 Å². The van der Waals surface area contributed by atoms with Crippen LogP contribution in [0.2, 0.25) is 0 Å². The lowest BCUT2D eigenvalue weighted by Gasteiger charge is -2.21. The lowest BCUT2D eigenvalue weighted by Crippen LogP contribution is -2.42. The van der Waals surface area contributed by atoms with Crippen molar-refractivity contribution in [3.8, 4) is 0 Å². The van der Waals surface area contributed by atoms with Gasteiger partial charge in [-0.05, 0) is 20.8 Å². The van der Waals surface area contributed by atoms with Crippen LogP contribution in [0.4, 0.5) is 18.0 Å². The Morgan fingerprint density at radius 1 is 1.38 bits per heavy atom. The highest BCUT2D eigenvalue weighted by Crippen LogP contribution is 2.21. The van der Waals surface area contributed by atoms with Gasteiger partial charge in [-0.15, -0.1) is 0 Å². The second kappa shape index (κ2) is 5.18. The van der Waals surface area contributed by atoms with Crippen molar-refractivity contribution in [3.63, 3.8) is 0 Å². The Hall–Kier alpha value is -1.27. The van der Waals surface area contributed by atoms with Gasteiger partial charge in [0.2, 0.25) is 0 Å². The van der Waals surface area contributed by atoms with Crippen LogP contribution in [0.25, 0.3) is 0 Å². The van der Waals surface area contributed by atoms with Crippen LogP contribution in [-0.2, 0) is 9.53 Å². The molecule has 0 saturated heterocycles. The smallest absolute Gasteiger partial charge is 0.408 e. The number of hydrogen-bond donors (Lipinski definition) is 1. The predicted molar refractivity (Wildman–Crippen MR) is 49.9 cm³/mol. The molecule has 7 heteroatoms. The predicted octanol–water partition coefficient (Wildman–Crippen LogP) is 2.03. The van der Waals surface area contributed by atoms with Crippen molar-refractivity contribution in [1.82, 2.24) is 5.32 Å². The molecule has 0 heterocycles. The van der Waals surface area contributed by atoms with E-state index in [4.69, 9.17) is 4.74 Å². The van der Waals surface area contributed by atoms with E-state index in [0.717, 1.165) is 0 Å². The van der Waals surface area contributed by atoms with Crippen molar-refractivity contribution < 1.29 is 27.5 Å². The maximum atomic E-state index is 11.9. The third-order valence-corrected chi connectivity index (χ3v) is 1.32. The summed E-state index contributed by atoms with van der Waals surface area (Å²) in [5, 5.41) is 1.83. The summed E-state index contributed by atoms with van der Waals surface area (Å²) in [6, 6.07) is -1.62. The first kappa shape index (κ1) is 14.7. The van der Waals surface area contributed by atoms with Gasteiger partial charge in [0.1, 0.15) is 11.9 Å². The summed E-state index contributed by atoms with van der Waals surface area (Å²) in [7, 11) is 0. The zero-order valence-corrected chi connectivity index (χ0v) is 9.22. The molecule has 4 nitrogen and oxygen atoms in total. The van der Waals surface area contributed by atoms with E-state index >= 15 is 0 Å². The molecule has 0 aromatic rings. The van der Waals surface area contributed by atoms with Crippen molar-refractivity contribution >= 4 is 12.4 Å². The first-order valence-corrected chi connectivity index (χ1v) is 4.55. The largest absolute Gasteiger partial charge is 0.444 e. The maximum Gasteiger partial charge on any atom is 0.408 e. The molecule has 0 aliphatic rings. The monoisotopic (exact) mass is 241 g/mol. The van der Waals surface area contributed by atoms with Gasteiger partial charge in [0.15, 0.2) is 0 Å². The second-order valence-corrected chi connectivity index (χ2v) is 4.21. The van der Waals surface area contributed by atoms with Crippen LogP contribution in [0, 0.1) is 0 Å². The highest BCUT2D eigenvalue weighted by atomic mass is 19.4. The lowest BCUT2D eigenvalue weighted by atomic mass is 10.2. The van der Waals surface area contributed by atoms with E-state index < -0.39 is 30.3 Å². The standard InChI is InChI=1S/C9H14F3NO3/c1-8(2,3)16-7(15)13-6(5-14)4-9(10,11)12/h5-6H,4H2,1-3H3,(H,13,15)/t6-/m1/s1. The number of ether oxygens (including phenoxy) is 1. The summed E-state index contributed by atoms with van der Waals surface area (Å²) in [5.41, 5.74) is -0.824. The third kappa shape index (κ3) is 8.07. The fourth-order valence-electron chi connectivity index (χ4n) is 0.841. The van der Waals surface area contributed by atoms with Crippen molar-refractivity contribution in [1.29, 1.82) is 0 Å². The number of carbonyl (C=O) groups is 2. The van der Waals surface area contributed by atoms with Crippen molar-refractivity contribution in [2.24, 2.45) is 0 Å². The van der Waals surface area contributed by atoms with Crippen molar-refractivity contribution in [2.45, 2.75) is 45.0 Å². The molecule has 0 spiro atoms. The number of nitrogens with one attached hydrogen (secondary N) is 1. The van der Waals surface area contributed by atoms with Crippen LogP contribution < -0.4 is 5.32 Å². The molecule has 0 saturated carbocycles. The normalized spacial score (nSPS) is 14.1. The van der Waals surface area contributed by atoms with Gasteiger partial charge in [-0.3, -0.25) is 0 Å². The highest BCUT2D eigenvalue weighted by molar-refractivity contribution is 5.73. The number of rotatable bonds is 3. The van der Waals surface area contributed by atoms with E-state index in [2.05, 4.69) is 0 Å². The average molecular weight is 241 g/mol. The van der Waals surface area contributed by atoms with E-state index in [1.807, 2.05) is 5.32 Å². The molecule has 0 aromatic carbocycles. The molecule has 1 N–H and O–H groups in total. The van der Waals surface area contributed by atoms with Crippen molar-refractivity contribution in [2.75, 3.05) is 0 Å². The first-order valence-electron chi connectivity index (χ1n) is 4.55. The van der Waals surface area contributed by atoms with Gasteiger partial charge in [-0.25, -0.2) is 4.79 Å². The van der Waals surface area contributed by atoms with E-state index in [0.29, 0.717) is 0 Å². The minimum atomic E-state index is -4.51. The first-order chi connectivity index (χ1) is 7.03. The van der Waals surface area contributed by atoms with Crippen molar-refractivity contribution in [3.05, 3.63) is 0 Å². The molecule has 0 aromatic heterocycles. The number of alkyl halides is 3. The summed E-state index contributed by atoms with van der Waals surface area (Å²) in [6.45, 7) is 4.69. The number of aldehydes is 1. The lowest BCUT2D eigenvalue weighted by molar-refractivity contribution is -0.143. The highest BCUT2D eigenvalue weighted by Gasteiger charge is 2.33. The molecular weight excluding hydrogens is 227 g/mol. The zero-order chi connectivity index (χ0) is 13.0. The van der Waals surface area contributed by atoms with E-state index in [-0.39, 0.29) is 6.29 Å². The molecule has 0 bridgehead atoms. The molecule has 94 valence electrons. The van der Waals surface area contributed by atoms with Crippen LogP contribution in [-0.4, -0.2) is 30.2 Å². The summed E-state index contributed by atoms with van der Waals surface area (Å²) in [5.74, 6) is 0. The Balaban J connectivity index is 4.24. The minimum Gasteiger partial charge on any atom is -0.444 e. The van der Waals surface area contributed by atoms with E-state index in [1.54, 1.807) is 20.8 Å². The Labute approximate surface area is 91.1 Å². The molecule has 0 aliphatic carbocycles. The summed E-state index contributed by atoms with van der Waals surface area (Å²) in [6.07, 6.45) is -6.94. The van der Waals surface area contributed by atoms with E-state index in [9.17, 15) is 22.8 Å². The Morgan fingerprint density at radius 2 is 1.88 bits per heavy atom. The number of halogens is 3. The van der Waals surface area contributed by atoms with Crippen LogP contribution in [0.1, 0.15) is 27.2 Å². The summed E-state index contributed by atoms with van der Waals surface area (Å²) < 4.78 is 40.5. The molecule has 0 rings (SSSR count). The summed E-state index contributed by atoms with van der Waals surface area (Å²) >= 11 is 0. The molecule has 0 unspecified atom stereocenters. The van der Waals surface area contributed by atoms with Gasteiger partial charge >= 0.3 is 12.3 Å². The summed E-state index contributed by atoms with van der Waals surface area (Å²) in [4.78, 5) is 21.4. The van der Waals surface area contributed by atoms with Gasteiger partial charge in [-0.1, -0.05) is 0 Å². The second-order valence-electron chi connectivity index (χ2n) is 4.21. The Morgan fingerprint density at radius 3 is 2.19 bits per heavy atom. The third-order valence-electron chi connectivity index (χ3n) is 1.32. The SMILES string of the molecule is CC(C)(C)OC(=O)N[C@@H](C=O)CC(F)(F)F. The molecule has 1 amide bonds. The number of alkyl carbamates (subject to hydrolysis) is 1. The molecule has 16 heavy (non-hydrogen) atoms. The number of hydrogen-bond acceptors (Lipinski definition) is 3. The molecule has 0 fully saturated rings. The van der Waals surface area contributed by atoms with Gasteiger partial charge in [0.25, 0.3) is 0 Å². The van der Waals surface area contributed by atoms with E-state index in [1.165, 1.54) is 0 Å². The van der Waals surface area contributed by atoms with Gasteiger partial charge in [0, 0.05) is 0 Å². The quantitative estimate of drug-likeness (QED) is 0.769. The van der Waals surface area contributed by atoms with Gasteiger partial charge in [0.05, 0.1) is 12.5 Å². The average Bonchev–Trinajstić information content (AvgIpc) is 1.96. The minimum absolute atomic E-state index is 0.0252. The van der Waals surface area contributed by atoms with Crippen LogP contribution >= 0.6 is 0 Å². The molecular formula is C9H14F3NO3. The number of carbonyl (C=O) groups excluding carboxylic acids is 2. The topological polar surface area (TPSA) is 55.4 Å². The molecule has 0 aliphatic heterocycles. The maximum absolute atomic E-state index is 11.9. The Kier molecular flexibility index (Phi) is 4.77. The van der Waals surface area contributed by atoms with Crippen LogP contribution in [0.3, 0.4) is 0 Å². The molecule has 1 atom stereocenters. The van der Waals surface area contributed by atoms with Gasteiger partial charge < -0.3 is 14.8 Å².